The molecule has 0 radical (unpaired) electrons. The van der Waals surface area contributed by atoms with Gasteiger partial charge in [0.25, 0.3) is 0 Å². The van der Waals surface area contributed by atoms with Crippen LogP contribution in [0.4, 0.5) is 24.5 Å². The second-order valence-corrected chi connectivity index (χ2v) is 11.0. The molecule has 1 fully saturated rings. The zero-order valence-electron chi connectivity index (χ0n) is 23.5. The van der Waals surface area contributed by atoms with E-state index in [1.807, 2.05) is 47.0 Å². The number of rotatable bonds is 6. The second-order valence-electron chi connectivity index (χ2n) is 11.0. The van der Waals surface area contributed by atoms with Gasteiger partial charge in [-0.2, -0.15) is 13.2 Å². The van der Waals surface area contributed by atoms with Gasteiger partial charge in [-0.3, -0.25) is 14.8 Å². The molecule has 43 heavy (non-hydrogen) atoms. The summed E-state index contributed by atoms with van der Waals surface area (Å²) in [5.41, 5.74) is 4.66. The van der Waals surface area contributed by atoms with Crippen LogP contribution in [-0.2, 0) is 17.4 Å². The Morgan fingerprint density at radius 2 is 1.77 bits per heavy atom. The molecule has 3 aliphatic rings. The molecule has 2 aliphatic carbocycles. The Bertz CT molecular complexity index is 1810. The number of halogens is 3. The predicted molar refractivity (Wildman–Crippen MR) is 158 cm³/mol. The quantitative estimate of drug-likeness (QED) is 0.219. The third-order valence-corrected chi connectivity index (χ3v) is 7.67. The molecule has 1 saturated carbocycles. The Balaban J connectivity index is 1.53. The average molecular weight is 586 g/mol. The van der Waals surface area contributed by atoms with E-state index in [2.05, 4.69) is 10.3 Å². The minimum atomic E-state index is -4.44. The van der Waals surface area contributed by atoms with Gasteiger partial charge in [0.1, 0.15) is 5.78 Å². The van der Waals surface area contributed by atoms with Gasteiger partial charge in [0.2, 0.25) is 0 Å². The number of benzene rings is 3. The number of aromatic nitrogens is 3. The highest BCUT2D eigenvalue weighted by Crippen LogP contribution is 2.33. The molecule has 7 nitrogen and oxygen atoms in total. The molecule has 2 N–H and O–H groups in total. The molecule has 1 aliphatic heterocycles. The number of fused-ring (bicyclic) bond motifs is 2. The van der Waals surface area contributed by atoms with Crippen molar-refractivity contribution in [2.24, 2.45) is 4.99 Å². The fourth-order valence-corrected chi connectivity index (χ4v) is 5.52. The molecule has 220 valence electrons. The Labute approximate surface area is 246 Å². The second kappa shape index (κ2) is 11.6. The molecule has 2 heterocycles. The van der Waals surface area contributed by atoms with Crippen molar-refractivity contribution in [1.29, 1.82) is 0 Å². The van der Waals surface area contributed by atoms with E-state index in [9.17, 15) is 23.1 Å². The van der Waals surface area contributed by atoms with E-state index in [0.717, 1.165) is 30.5 Å². The third kappa shape index (κ3) is 6.29. The highest BCUT2D eigenvalue weighted by molar-refractivity contribution is 5.84. The van der Waals surface area contributed by atoms with Crippen LogP contribution in [0.2, 0.25) is 0 Å². The zero-order valence-corrected chi connectivity index (χ0v) is 23.5. The van der Waals surface area contributed by atoms with Crippen molar-refractivity contribution in [1.82, 2.24) is 14.5 Å². The molecular weight excluding hydrogens is 555 g/mol. The van der Waals surface area contributed by atoms with Crippen LogP contribution < -0.4 is 10.7 Å². The number of alkyl halides is 3. The fraction of sp³-hybridized carbons (Fsp3) is 0.273. The lowest BCUT2D eigenvalue weighted by Gasteiger charge is -2.23. The van der Waals surface area contributed by atoms with Crippen molar-refractivity contribution in [3.05, 3.63) is 95.6 Å². The summed E-state index contributed by atoms with van der Waals surface area (Å²) in [6.45, 7) is 1.52. The number of Topliss-reactive ketones (excluding diaryl/α,β-unsaturated/α-hetero) is 1. The number of hydrogen-bond donors (Lipinski definition) is 2. The summed E-state index contributed by atoms with van der Waals surface area (Å²) in [7, 11) is 0. The normalized spacial score (nSPS) is 17.8. The number of carbonyl (C=O) groups is 1. The van der Waals surface area contributed by atoms with E-state index in [1.165, 1.54) is 19.1 Å². The molecule has 0 atom stereocenters. The maximum Gasteiger partial charge on any atom is 0.416 e. The largest absolute Gasteiger partial charge is 0.416 e. The van der Waals surface area contributed by atoms with Crippen LogP contribution in [0.1, 0.15) is 43.9 Å². The first-order chi connectivity index (χ1) is 20.6. The summed E-state index contributed by atoms with van der Waals surface area (Å²) in [5.74, 6) is 0.0288. The van der Waals surface area contributed by atoms with Crippen LogP contribution in [0.25, 0.3) is 28.1 Å². The number of para-hydroxylation sites is 2. The molecule has 0 amide bonds. The van der Waals surface area contributed by atoms with Crippen molar-refractivity contribution in [3.63, 3.8) is 0 Å². The van der Waals surface area contributed by atoms with Crippen LogP contribution in [0.5, 0.6) is 0 Å². The van der Waals surface area contributed by atoms with Crippen molar-refractivity contribution in [2.75, 3.05) is 5.32 Å². The van der Waals surface area contributed by atoms with Crippen molar-refractivity contribution in [2.45, 2.75) is 57.3 Å². The molecule has 1 aromatic heterocycles. The molecule has 2 aromatic carbocycles. The smallest absolute Gasteiger partial charge is 0.393 e. The number of ketones is 1. The maximum atomic E-state index is 13.4. The first-order valence-corrected chi connectivity index (χ1v) is 14.2. The average Bonchev–Trinajstić information content (AvgIpc) is 2.98. The van der Waals surface area contributed by atoms with Crippen molar-refractivity contribution >= 4 is 28.2 Å². The monoisotopic (exact) mass is 585 g/mol. The van der Waals surface area contributed by atoms with Crippen molar-refractivity contribution in [3.8, 4) is 17.1 Å². The Hall–Kier alpha value is -4.57. The third-order valence-electron chi connectivity index (χ3n) is 7.67. The minimum absolute atomic E-state index is 0.00500. The molecule has 0 bridgehead atoms. The molecular formula is C33H30F3N5O2. The number of nitrogens with one attached hydrogen (secondary N) is 1. The van der Waals surface area contributed by atoms with Gasteiger partial charge >= 0.3 is 6.18 Å². The van der Waals surface area contributed by atoms with Crippen LogP contribution >= 0.6 is 0 Å². The summed E-state index contributed by atoms with van der Waals surface area (Å²) >= 11 is 0. The maximum absolute atomic E-state index is 13.4. The van der Waals surface area contributed by atoms with E-state index < -0.39 is 11.7 Å². The lowest BCUT2D eigenvalue weighted by atomic mass is 9.93. The van der Waals surface area contributed by atoms with E-state index in [4.69, 9.17) is 9.98 Å². The van der Waals surface area contributed by atoms with Crippen molar-refractivity contribution < 1.29 is 23.1 Å². The standard InChI is InChI=1S/C33H30F3N5O2/c1-20(42)16-23-8-9-24(19-37-23)39-28-17-30-32(18-29(28)38-22-10-14-26(43)15-11-22)41(31-5-3-2-4-27(31)40-30)25-12-6-21(7-13-25)33(34,35)36/h2-9,12-13,17-19,22,26,39,43H,10-11,14-16H2,1H3. The van der Waals surface area contributed by atoms with Crippen LogP contribution in [0.15, 0.2) is 84.0 Å². The molecule has 10 heteroatoms. The lowest BCUT2D eigenvalue weighted by molar-refractivity contribution is -0.137. The predicted octanol–water partition coefficient (Wildman–Crippen LogP) is 6.62. The number of anilines is 2. The lowest BCUT2D eigenvalue weighted by Crippen LogP contribution is -2.24. The fourth-order valence-electron chi connectivity index (χ4n) is 5.52. The minimum Gasteiger partial charge on any atom is -0.393 e. The summed E-state index contributed by atoms with van der Waals surface area (Å²) in [5, 5.41) is 14.1. The number of aliphatic hydroxyl groups excluding tert-OH is 1. The molecule has 6 rings (SSSR count). The number of pyridine rings is 1. The van der Waals surface area contributed by atoms with Gasteiger partial charge in [0, 0.05) is 17.8 Å². The number of carbonyl (C=O) groups excluding carboxylic acids is 1. The van der Waals surface area contributed by atoms with Gasteiger partial charge in [0.15, 0.2) is 0 Å². The first-order valence-electron chi connectivity index (χ1n) is 14.2. The van der Waals surface area contributed by atoms with E-state index in [0.29, 0.717) is 57.9 Å². The topological polar surface area (TPSA) is 92.4 Å². The van der Waals surface area contributed by atoms with Crippen LogP contribution in [0, 0.1) is 0 Å². The SMILES string of the molecule is CC(=O)Cc1ccc(Nc2cc3nc4ccccc4n(-c4ccc(C(F)(F)F)cc4)c-3cc2=NC2CCC(O)CC2)cn1. The van der Waals surface area contributed by atoms with Gasteiger partial charge in [-0.1, -0.05) is 12.1 Å². The van der Waals surface area contributed by atoms with Gasteiger partial charge in [-0.05, 0) is 93.3 Å². The zero-order chi connectivity index (χ0) is 30.1. The Morgan fingerprint density at radius 3 is 2.44 bits per heavy atom. The van der Waals surface area contributed by atoms with E-state index in [-0.39, 0.29) is 24.3 Å². The number of aliphatic hydroxyl groups is 1. The van der Waals surface area contributed by atoms with Crippen LogP contribution in [-0.4, -0.2) is 37.6 Å². The van der Waals surface area contributed by atoms with E-state index >= 15 is 0 Å². The van der Waals surface area contributed by atoms with E-state index in [1.54, 1.807) is 12.3 Å². The highest BCUT2D eigenvalue weighted by atomic mass is 19.4. The number of hydrogen-bond acceptors (Lipinski definition) is 6. The van der Waals surface area contributed by atoms with Gasteiger partial charge < -0.3 is 15.0 Å². The molecule has 0 spiro atoms. The van der Waals surface area contributed by atoms with Crippen LogP contribution in [0.3, 0.4) is 0 Å². The number of nitrogens with zero attached hydrogens (tertiary/aromatic N) is 4. The summed E-state index contributed by atoms with van der Waals surface area (Å²) < 4.78 is 42.0. The molecule has 0 unspecified atom stereocenters. The van der Waals surface area contributed by atoms with Gasteiger partial charge in [-0.15, -0.1) is 0 Å². The summed E-state index contributed by atoms with van der Waals surface area (Å²) in [6, 6.07) is 20.1. The Morgan fingerprint density at radius 1 is 1.02 bits per heavy atom. The molecule has 3 aromatic rings. The van der Waals surface area contributed by atoms with Gasteiger partial charge in [-0.25, -0.2) is 4.98 Å². The summed E-state index contributed by atoms with van der Waals surface area (Å²) in [4.78, 5) is 25.9. The summed E-state index contributed by atoms with van der Waals surface area (Å²) in [6.07, 6.45) is -0.00929. The first kappa shape index (κ1) is 28.5. The molecule has 0 saturated heterocycles. The highest BCUT2D eigenvalue weighted by Gasteiger charge is 2.30. The van der Waals surface area contributed by atoms with Gasteiger partial charge in [0.05, 0.1) is 63.1 Å². The Kier molecular flexibility index (Phi) is 7.70.